The van der Waals surface area contributed by atoms with Gasteiger partial charge in [0.05, 0.1) is 5.75 Å². The van der Waals surface area contributed by atoms with Crippen LogP contribution in [0.1, 0.15) is 6.42 Å². The molecule has 1 aromatic heterocycles. The van der Waals surface area contributed by atoms with Crippen molar-refractivity contribution in [2.24, 2.45) is 0 Å². The molecule has 1 N–H and O–H groups in total. The van der Waals surface area contributed by atoms with Crippen molar-refractivity contribution in [3.8, 4) is 0 Å². The maximum absolute atomic E-state index is 11.5. The molecule has 0 aliphatic rings. The number of rotatable bonds is 5. The monoisotopic (exact) mass is 303 g/mol. The highest BCUT2D eigenvalue weighted by molar-refractivity contribution is 7.92. The lowest BCUT2D eigenvalue weighted by Crippen LogP contribution is -2.18. The number of hydrogen-bond acceptors (Lipinski definition) is 4. The Kier molecular flexibility index (Phi) is 5.04. The number of nitrogens with zero attached hydrogens (tertiary/aromatic N) is 2. The predicted molar refractivity (Wildman–Crippen MR) is 64.8 cm³/mol. The van der Waals surface area contributed by atoms with E-state index in [1.807, 2.05) is 0 Å². The Morgan fingerprint density at radius 3 is 2.56 bits per heavy atom. The van der Waals surface area contributed by atoms with Gasteiger partial charge < -0.3 is 0 Å². The molecule has 16 heavy (non-hydrogen) atoms. The first-order valence-corrected chi connectivity index (χ1v) is 7.14. The Balaban J connectivity index is 2.80. The Hall–Kier alpha value is -0.300. The molecule has 0 saturated heterocycles. The minimum Gasteiger partial charge on any atom is -0.267 e. The van der Waals surface area contributed by atoms with Gasteiger partial charge in [-0.2, -0.15) is 4.98 Å². The quantitative estimate of drug-likeness (QED) is 0.514. The largest absolute Gasteiger partial charge is 0.267 e. The van der Waals surface area contributed by atoms with E-state index in [0.29, 0.717) is 6.42 Å². The molecule has 0 radical (unpaired) electrons. The minimum atomic E-state index is -3.47. The second-order valence-electron chi connectivity index (χ2n) is 2.81. The molecule has 0 saturated carbocycles. The predicted octanol–water partition coefficient (Wildman–Crippen LogP) is 2.15. The lowest BCUT2D eigenvalue weighted by atomic mass is 10.6. The van der Waals surface area contributed by atoms with Crippen LogP contribution in [0, 0.1) is 0 Å². The smallest absolute Gasteiger partial charge is 0.233 e. The summed E-state index contributed by atoms with van der Waals surface area (Å²) in [6.45, 7) is 0. The zero-order valence-electron chi connectivity index (χ0n) is 7.95. The van der Waals surface area contributed by atoms with Gasteiger partial charge in [-0.1, -0.05) is 11.6 Å². The third-order valence-electron chi connectivity index (χ3n) is 1.47. The summed E-state index contributed by atoms with van der Waals surface area (Å²) in [5.41, 5.74) is 0. The Labute approximate surface area is 108 Å². The minimum absolute atomic E-state index is 0.0413. The van der Waals surface area contributed by atoms with Crippen molar-refractivity contribution >= 4 is 50.6 Å². The summed E-state index contributed by atoms with van der Waals surface area (Å²) in [6, 6.07) is 1.27. The zero-order chi connectivity index (χ0) is 12.2. The Morgan fingerprint density at radius 1 is 1.31 bits per heavy atom. The van der Waals surface area contributed by atoms with Gasteiger partial charge in [-0.15, -0.1) is 11.6 Å². The van der Waals surface area contributed by atoms with E-state index in [4.69, 9.17) is 34.8 Å². The molecule has 0 atom stereocenters. The molecule has 0 fully saturated rings. The SMILES string of the molecule is O=S(=O)(CCCCl)Nc1cc(Cl)nc(Cl)n1. The number of halogens is 3. The van der Waals surface area contributed by atoms with Gasteiger partial charge in [-0.3, -0.25) is 4.72 Å². The van der Waals surface area contributed by atoms with Gasteiger partial charge in [0.25, 0.3) is 0 Å². The van der Waals surface area contributed by atoms with Crippen LogP contribution in [0.4, 0.5) is 5.82 Å². The fourth-order valence-electron chi connectivity index (χ4n) is 0.897. The molecule has 0 aromatic carbocycles. The van der Waals surface area contributed by atoms with Crippen LogP contribution < -0.4 is 4.72 Å². The number of aromatic nitrogens is 2. The maximum Gasteiger partial charge on any atom is 0.233 e. The number of anilines is 1. The summed E-state index contributed by atoms with van der Waals surface area (Å²) in [5, 5.41) is -0.0578. The van der Waals surface area contributed by atoms with Crippen LogP contribution in [0.2, 0.25) is 10.4 Å². The van der Waals surface area contributed by atoms with E-state index in [-0.39, 0.29) is 27.9 Å². The average Bonchev–Trinajstić information content (AvgIpc) is 2.12. The first kappa shape index (κ1) is 13.8. The van der Waals surface area contributed by atoms with Crippen molar-refractivity contribution in [2.45, 2.75) is 6.42 Å². The topological polar surface area (TPSA) is 72.0 Å². The molecule has 0 aliphatic carbocycles. The van der Waals surface area contributed by atoms with Crippen LogP contribution in [0.3, 0.4) is 0 Å². The molecule has 0 unspecified atom stereocenters. The molecule has 90 valence electrons. The second-order valence-corrected chi connectivity index (χ2v) is 5.75. The highest BCUT2D eigenvalue weighted by Crippen LogP contribution is 2.15. The molecule has 1 aromatic rings. The highest BCUT2D eigenvalue weighted by Gasteiger charge is 2.11. The first-order chi connectivity index (χ1) is 7.43. The van der Waals surface area contributed by atoms with Crippen molar-refractivity contribution in [1.29, 1.82) is 0 Å². The zero-order valence-corrected chi connectivity index (χ0v) is 11.0. The molecule has 0 aliphatic heterocycles. The van der Waals surface area contributed by atoms with Crippen molar-refractivity contribution in [3.05, 3.63) is 16.5 Å². The van der Waals surface area contributed by atoms with Crippen LogP contribution in [0.15, 0.2) is 6.07 Å². The van der Waals surface area contributed by atoms with Crippen molar-refractivity contribution in [3.63, 3.8) is 0 Å². The molecule has 0 spiro atoms. The van der Waals surface area contributed by atoms with Crippen molar-refractivity contribution in [2.75, 3.05) is 16.4 Å². The molecule has 0 amide bonds. The van der Waals surface area contributed by atoms with E-state index >= 15 is 0 Å². The van der Waals surface area contributed by atoms with Gasteiger partial charge in [0, 0.05) is 11.9 Å². The normalized spacial score (nSPS) is 11.4. The average molecular weight is 305 g/mol. The summed E-state index contributed by atoms with van der Waals surface area (Å²) in [6.07, 6.45) is 0.351. The van der Waals surface area contributed by atoms with Gasteiger partial charge in [0.15, 0.2) is 0 Å². The van der Waals surface area contributed by atoms with E-state index in [1.165, 1.54) is 6.07 Å². The van der Waals surface area contributed by atoms with Crippen LogP contribution in [0.25, 0.3) is 0 Å². The molecular formula is C7H8Cl3N3O2S. The number of alkyl halides is 1. The van der Waals surface area contributed by atoms with Crippen molar-refractivity contribution in [1.82, 2.24) is 9.97 Å². The molecule has 5 nitrogen and oxygen atoms in total. The molecule has 9 heteroatoms. The Bertz CT molecular complexity index is 446. The summed E-state index contributed by atoms with van der Waals surface area (Å²) in [5.74, 6) is 0.224. The van der Waals surface area contributed by atoms with Crippen LogP contribution in [-0.2, 0) is 10.0 Å². The lowest BCUT2D eigenvalue weighted by molar-refractivity contribution is 0.600. The fraction of sp³-hybridized carbons (Fsp3) is 0.429. The molecule has 0 bridgehead atoms. The first-order valence-electron chi connectivity index (χ1n) is 4.19. The molecular weight excluding hydrogens is 297 g/mol. The summed E-state index contributed by atoms with van der Waals surface area (Å²) < 4.78 is 25.2. The number of sulfonamides is 1. The van der Waals surface area contributed by atoms with Crippen LogP contribution in [0.5, 0.6) is 0 Å². The summed E-state index contributed by atoms with van der Waals surface area (Å²) >= 11 is 16.5. The number of nitrogens with one attached hydrogen (secondary N) is 1. The maximum atomic E-state index is 11.5. The summed E-state index contributed by atoms with van der Waals surface area (Å²) in [4.78, 5) is 7.26. The number of hydrogen-bond donors (Lipinski definition) is 1. The van der Waals surface area contributed by atoms with Crippen LogP contribution in [-0.4, -0.2) is 30.0 Å². The lowest BCUT2D eigenvalue weighted by Gasteiger charge is -2.06. The molecule has 1 rings (SSSR count). The highest BCUT2D eigenvalue weighted by atomic mass is 35.5. The fourth-order valence-corrected chi connectivity index (χ4v) is 2.65. The second kappa shape index (κ2) is 5.86. The van der Waals surface area contributed by atoms with E-state index in [9.17, 15) is 8.42 Å². The standard InChI is InChI=1S/C7H8Cl3N3O2S/c8-2-1-3-16(14,15)13-6-4-5(9)11-7(10)12-6/h4H,1-3H2,(H,11,12,13). The van der Waals surface area contributed by atoms with E-state index in [2.05, 4.69) is 14.7 Å². The molecule has 1 heterocycles. The van der Waals surface area contributed by atoms with E-state index in [0.717, 1.165) is 0 Å². The van der Waals surface area contributed by atoms with Gasteiger partial charge in [-0.05, 0) is 18.0 Å². The van der Waals surface area contributed by atoms with E-state index < -0.39 is 10.0 Å². The summed E-state index contributed by atoms with van der Waals surface area (Å²) in [7, 11) is -3.47. The van der Waals surface area contributed by atoms with Gasteiger partial charge >= 0.3 is 0 Å². The van der Waals surface area contributed by atoms with Crippen molar-refractivity contribution < 1.29 is 8.42 Å². The Morgan fingerprint density at radius 2 is 2.00 bits per heavy atom. The van der Waals surface area contributed by atoms with Gasteiger partial charge in [-0.25, -0.2) is 13.4 Å². The van der Waals surface area contributed by atoms with Gasteiger partial charge in [0.2, 0.25) is 15.3 Å². The van der Waals surface area contributed by atoms with E-state index in [1.54, 1.807) is 0 Å². The van der Waals surface area contributed by atoms with Crippen LogP contribution >= 0.6 is 34.8 Å². The third kappa shape index (κ3) is 4.69. The third-order valence-corrected chi connectivity index (χ3v) is 3.45. The van der Waals surface area contributed by atoms with Gasteiger partial charge in [0.1, 0.15) is 11.0 Å².